The Hall–Kier alpha value is -1.64. The molecule has 1 amide bonds. The zero-order valence-electron chi connectivity index (χ0n) is 17.2. The van der Waals surface area contributed by atoms with E-state index in [9.17, 15) is 18.3 Å². The lowest BCUT2D eigenvalue weighted by Gasteiger charge is -2.33. The van der Waals surface area contributed by atoms with Crippen LogP contribution in [0.15, 0.2) is 30.3 Å². The second-order valence-corrected chi connectivity index (χ2v) is 10.0. The third-order valence-corrected chi connectivity index (χ3v) is 6.98. The van der Waals surface area contributed by atoms with E-state index in [4.69, 9.17) is 4.74 Å². The molecule has 0 aromatic heterocycles. The molecular formula is C21H32N2O5S. The van der Waals surface area contributed by atoms with E-state index in [2.05, 4.69) is 29.0 Å². The maximum absolute atomic E-state index is 11.8. The minimum absolute atomic E-state index is 0.0881. The van der Waals surface area contributed by atoms with E-state index < -0.39 is 28.2 Å². The number of ether oxygens (including phenoxy) is 1. The van der Waals surface area contributed by atoms with Crippen molar-refractivity contribution in [1.82, 2.24) is 9.62 Å². The zero-order valence-corrected chi connectivity index (χ0v) is 18.0. The summed E-state index contributed by atoms with van der Waals surface area (Å²) >= 11 is 0. The summed E-state index contributed by atoms with van der Waals surface area (Å²) in [5, 5.41) is 9.69. The molecule has 2 N–H and O–H groups in total. The first-order valence-electron chi connectivity index (χ1n) is 10.4. The third-order valence-electron chi connectivity index (χ3n) is 6.25. The summed E-state index contributed by atoms with van der Waals surface area (Å²) in [6, 6.07) is 9.34. The van der Waals surface area contributed by atoms with Crippen LogP contribution >= 0.6 is 0 Å². The van der Waals surface area contributed by atoms with Crippen molar-refractivity contribution in [3.63, 3.8) is 0 Å². The highest BCUT2D eigenvalue weighted by atomic mass is 32.2. The van der Waals surface area contributed by atoms with Crippen LogP contribution in [0.1, 0.15) is 56.9 Å². The number of nitrogens with zero attached hydrogens (tertiary/aromatic N) is 1. The molecule has 1 aromatic carbocycles. The Morgan fingerprint density at radius 2 is 1.86 bits per heavy atom. The van der Waals surface area contributed by atoms with Crippen LogP contribution in [0, 0.1) is 0 Å². The van der Waals surface area contributed by atoms with Gasteiger partial charge in [0.15, 0.2) is 0 Å². The second kappa shape index (κ2) is 9.45. The molecule has 1 aliphatic heterocycles. The molecule has 3 rings (SSSR count). The van der Waals surface area contributed by atoms with Gasteiger partial charge in [-0.05, 0) is 50.0 Å². The van der Waals surface area contributed by atoms with Gasteiger partial charge in [-0.2, -0.15) is 0 Å². The quantitative estimate of drug-likeness (QED) is 0.701. The van der Waals surface area contributed by atoms with Crippen LogP contribution in [0.25, 0.3) is 0 Å². The number of sulfonamides is 1. The predicted molar refractivity (Wildman–Crippen MR) is 112 cm³/mol. The molecule has 3 atom stereocenters. The van der Waals surface area contributed by atoms with Gasteiger partial charge in [0, 0.05) is 12.1 Å². The molecule has 29 heavy (non-hydrogen) atoms. The van der Waals surface area contributed by atoms with Gasteiger partial charge >= 0.3 is 6.09 Å². The van der Waals surface area contributed by atoms with Crippen LogP contribution in [-0.4, -0.2) is 61.6 Å². The van der Waals surface area contributed by atoms with E-state index in [0.29, 0.717) is 18.8 Å². The summed E-state index contributed by atoms with van der Waals surface area (Å²) in [6.07, 6.45) is 5.26. The normalized spacial score (nSPS) is 30.4. The molecule has 3 unspecified atom stereocenters. The molecule has 1 aromatic rings. The third kappa shape index (κ3) is 5.71. The van der Waals surface area contributed by atoms with Gasteiger partial charge in [-0.15, -0.1) is 0 Å². The summed E-state index contributed by atoms with van der Waals surface area (Å²) < 4.78 is 32.3. The van der Waals surface area contributed by atoms with Gasteiger partial charge in [0.05, 0.1) is 25.0 Å². The molecule has 0 radical (unpaired) electrons. The first-order chi connectivity index (χ1) is 13.8. The number of hydrogen-bond donors (Lipinski definition) is 2. The molecule has 0 spiro atoms. The van der Waals surface area contributed by atoms with Crippen molar-refractivity contribution in [1.29, 1.82) is 0 Å². The molecule has 2 fully saturated rings. The molecule has 1 aliphatic carbocycles. The molecule has 8 heteroatoms. The summed E-state index contributed by atoms with van der Waals surface area (Å²) in [4.78, 5) is 13.2. The smallest absolute Gasteiger partial charge is 0.407 e. The predicted octanol–water partition coefficient (Wildman–Crippen LogP) is 3.18. The second-order valence-electron chi connectivity index (χ2n) is 8.27. The number of rotatable bonds is 7. The van der Waals surface area contributed by atoms with Crippen molar-refractivity contribution in [3.8, 4) is 0 Å². The Bertz CT molecular complexity index is 778. The van der Waals surface area contributed by atoms with E-state index in [1.807, 2.05) is 13.0 Å². The van der Waals surface area contributed by atoms with Crippen LogP contribution in [-0.2, 0) is 14.8 Å². The molecule has 1 saturated carbocycles. The lowest BCUT2D eigenvalue weighted by Crippen LogP contribution is -2.50. The van der Waals surface area contributed by atoms with Crippen molar-refractivity contribution in [2.24, 2.45) is 0 Å². The van der Waals surface area contributed by atoms with E-state index >= 15 is 0 Å². The number of carboxylic acid groups (broad SMARTS) is 1. The summed E-state index contributed by atoms with van der Waals surface area (Å²) in [6.45, 7) is 2.14. The van der Waals surface area contributed by atoms with Crippen LogP contribution in [0.5, 0.6) is 0 Å². The van der Waals surface area contributed by atoms with Gasteiger partial charge in [0.2, 0.25) is 10.0 Å². The number of amides is 1. The van der Waals surface area contributed by atoms with Crippen LogP contribution in [0.4, 0.5) is 4.79 Å². The number of hydrogen-bond acceptors (Lipinski definition) is 4. The van der Waals surface area contributed by atoms with E-state index in [1.165, 1.54) is 10.5 Å². The topological polar surface area (TPSA) is 95.9 Å². The lowest BCUT2D eigenvalue weighted by atomic mass is 9.83. The van der Waals surface area contributed by atoms with Gasteiger partial charge < -0.3 is 9.84 Å². The number of benzene rings is 1. The Morgan fingerprint density at radius 1 is 1.21 bits per heavy atom. The van der Waals surface area contributed by atoms with Gasteiger partial charge in [-0.25, -0.2) is 17.9 Å². The van der Waals surface area contributed by atoms with Gasteiger partial charge in [0.25, 0.3) is 0 Å². The average molecular weight is 425 g/mol. The highest BCUT2D eigenvalue weighted by Gasteiger charge is 2.44. The summed E-state index contributed by atoms with van der Waals surface area (Å²) in [5.74, 6) is 0.544. The lowest BCUT2D eigenvalue weighted by molar-refractivity contribution is -0.00780. The first kappa shape index (κ1) is 22.1. The van der Waals surface area contributed by atoms with Crippen molar-refractivity contribution in [3.05, 3.63) is 35.9 Å². The van der Waals surface area contributed by atoms with Crippen molar-refractivity contribution >= 4 is 16.1 Å². The first-order valence-corrected chi connectivity index (χ1v) is 12.3. The van der Waals surface area contributed by atoms with Crippen LogP contribution in [0.2, 0.25) is 0 Å². The fourth-order valence-corrected chi connectivity index (χ4v) is 5.61. The van der Waals surface area contributed by atoms with Crippen molar-refractivity contribution < 1.29 is 23.1 Å². The Balaban J connectivity index is 1.60. The largest absolute Gasteiger partial charge is 0.465 e. The fourth-order valence-electron chi connectivity index (χ4n) is 4.81. The van der Waals surface area contributed by atoms with E-state index in [-0.39, 0.29) is 18.8 Å². The van der Waals surface area contributed by atoms with E-state index in [0.717, 1.165) is 31.9 Å². The van der Waals surface area contributed by atoms with Crippen LogP contribution < -0.4 is 4.72 Å². The van der Waals surface area contributed by atoms with Gasteiger partial charge in [-0.3, -0.25) is 4.90 Å². The fraction of sp³-hybridized carbons (Fsp3) is 0.667. The molecule has 162 valence electrons. The SMILES string of the molecule is CCC1CC(NS(C)(=O)=O)C(COC2CCC(c3ccccc3)CC2)N1C(=O)O. The summed E-state index contributed by atoms with van der Waals surface area (Å²) in [5.41, 5.74) is 1.36. The monoisotopic (exact) mass is 424 g/mol. The molecule has 1 heterocycles. The molecule has 0 bridgehead atoms. The number of carbonyl (C=O) groups is 1. The Morgan fingerprint density at radius 3 is 2.41 bits per heavy atom. The molecule has 2 aliphatic rings. The maximum atomic E-state index is 11.8. The minimum atomic E-state index is -3.43. The highest BCUT2D eigenvalue weighted by molar-refractivity contribution is 7.88. The summed E-state index contributed by atoms with van der Waals surface area (Å²) in [7, 11) is -3.43. The van der Waals surface area contributed by atoms with Gasteiger partial charge in [-0.1, -0.05) is 37.3 Å². The molecular weight excluding hydrogens is 392 g/mol. The zero-order chi connectivity index (χ0) is 21.0. The van der Waals surface area contributed by atoms with E-state index in [1.54, 1.807) is 0 Å². The Labute approximate surface area is 173 Å². The number of likely N-dealkylation sites (tertiary alicyclic amines) is 1. The number of nitrogens with one attached hydrogen (secondary N) is 1. The highest BCUT2D eigenvalue weighted by Crippen LogP contribution is 2.35. The van der Waals surface area contributed by atoms with Crippen molar-refractivity contribution in [2.75, 3.05) is 12.9 Å². The van der Waals surface area contributed by atoms with Crippen molar-refractivity contribution in [2.45, 2.75) is 75.6 Å². The Kier molecular flexibility index (Phi) is 7.19. The maximum Gasteiger partial charge on any atom is 0.407 e. The molecule has 1 saturated heterocycles. The average Bonchev–Trinajstić information content (AvgIpc) is 3.03. The van der Waals surface area contributed by atoms with Crippen LogP contribution in [0.3, 0.4) is 0 Å². The molecule has 7 nitrogen and oxygen atoms in total. The van der Waals surface area contributed by atoms with Gasteiger partial charge in [0.1, 0.15) is 0 Å². The standard InChI is InChI=1S/C21H32N2O5S/c1-3-17-13-19(22-29(2,26)27)20(23(17)21(24)25)14-28-18-11-9-16(10-12-18)15-7-5-4-6-8-15/h4-8,16-20,22H,3,9-14H2,1-2H3,(H,24,25). The minimum Gasteiger partial charge on any atom is -0.465 e.